The van der Waals surface area contributed by atoms with Crippen LogP contribution >= 0.6 is 23.1 Å². The van der Waals surface area contributed by atoms with Crippen molar-refractivity contribution in [2.75, 3.05) is 11.5 Å². The van der Waals surface area contributed by atoms with E-state index in [0.717, 1.165) is 22.4 Å². The topological polar surface area (TPSA) is 111 Å². The molecule has 3 heterocycles. The lowest BCUT2D eigenvalue weighted by Crippen LogP contribution is -2.29. The molecule has 5 aromatic rings. The summed E-state index contributed by atoms with van der Waals surface area (Å²) in [6.07, 6.45) is 0.675. The minimum Gasteiger partial charge on any atom is -0.507 e. The molecule has 0 saturated carbocycles. The van der Waals surface area contributed by atoms with E-state index in [9.17, 15) is 14.7 Å². The average molecular weight is 692 g/mol. The van der Waals surface area contributed by atoms with Crippen molar-refractivity contribution in [3.63, 3.8) is 0 Å². The van der Waals surface area contributed by atoms with Gasteiger partial charge in [0.2, 0.25) is 5.13 Å². The molecule has 11 heteroatoms. The minimum absolute atomic E-state index is 0.00365. The monoisotopic (exact) mass is 691 g/mol. The number of hydrogen-bond acceptors (Lipinski definition) is 10. The highest BCUT2D eigenvalue weighted by atomic mass is 32.2. The van der Waals surface area contributed by atoms with Crippen LogP contribution in [0, 0.1) is 0 Å². The number of thioether (sulfide) groups is 1. The maximum absolute atomic E-state index is 13.9. The van der Waals surface area contributed by atoms with Crippen molar-refractivity contribution in [2.24, 2.45) is 0 Å². The number of benzene rings is 4. The van der Waals surface area contributed by atoms with Crippen LogP contribution in [0.3, 0.4) is 0 Å². The van der Waals surface area contributed by atoms with Crippen molar-refractivity contribution in [2.45, 2.75) is 49.1 Å². The molecule has 1 aromatic heterocycles. The van der Waals surface area contributed by atoms with E-state index in [1.54, 1.807) is 30.3 Å². The summed E-state index contributed by atoms with van der Waals surface area (Å²) in [6.45, 7) is 4.53. The summed E-state index contributed by atoms with van der Waals surface area (Å²) >= 11 is 2.71. The second-order valence-electron chi connectivity index (χ2n) is 11.7. The molecule has 2 atom stereocenters. The van der Waals surface area contributed by atoms with Crippen LogP contribution in [0.1, 0.15) is 47.7 Å². The van der Waals surface area contributed by atoms with Gasteiger partial charge in [0.05, 0.1) is 18.2 Å². The number of amides is 1. The molecule has 1 saturated heterocycles. The fraction of sp³-hybridized carbons (Fsp3) is 0.211. The van der Waals surface area contributed by atoms with Gasteiger partial charge in [0.1, 0.15) is 24.2 Å². The number of rotatable bonds is 11. The Labute approximate surface area is 292 Å². The fourth-order valence-electron chi connectivity index (χ4n) is 5.97. The van der Waals surface area contributed by atoms with Crippen LogP contribution in [0.25, 0.3) is 5.76 Å². The molecular formula is C38H33N3O6S2. The Bertz CT molecular complexity index is 2030. The number of aliphatic hydroxyl groups is 1. The van der Waals surface area contributed by atoms with E-state index in [1.807, 2.05) is 80.6 Å². The van der Waals surface area contributed by atoms with E-state index in [-0.39, 0.29) is 22.6 Å². The van der Waals surface area contributed by atoms with E-state index >= 15 is 0 Å². The lowest BCUT2D eigenvalue weighted by atomic mass is 9.94. The number of carbonyl (C=O) groups is 2. The Morgan fingerprint density at radius 1 is 0.939 bits per heavy atom. The van der Waals surface area contributed by atoms with Gasteiger partial charge < -0.3 is 19.3 Å². The summed E-state index contributed by atoms with van der Waals surface area (Å²) < 4.78 is 18.6. The predicted molar refractivity (Wildman–Crippen MR) is 189 cm³/mol. The van der Waals surface area contributed by atoms with Crippen LogP contribution in [0.5, 0.6) is 17.2 Å². The molecule has 0 bridgehead atoms. The first-order chi connectivity index (χ1) is 23.9. The molecule has 4 aromatic carbocycles. The highest BCUT2D eigenvalue weighted by Crippen LogP contribution is 2.46. The van der Waals surface area contributed by atoms with Gasteiger partial charge in [0, 0.05) is 17.7 Å². The number of nitrogens with zero attached hydrogens (tertiary/aromatic N) is 3. The van der Waals surface area contributed by atoms with E-state index < -0.39 is 17.7 Å². The van der Waals surface area contributed by atoms with E-state index in [4.69, 9.17) is 14.2 Å². The molecular weight excluding hydrogens is 659 g/mol. The van der Waals surface area contributed by atoms with Gasteiger partial charge in [0.25, 0.3) is 5.78 Å². The zero-order chi connectivity index (χ0) is 33.9. The largest absolute Gasteiger partial charge is 0.507 e. The van der Waals surface area contributed by atoms with Crippen molar-refractivity contribution >= 4 is 45.7 Å². The molecule has 0 unspecified atom stereocenters. The SMILES string of the molecule is CCOc1cc([C@@H]2/C(=C(\O)c3ccc4c(c3)C[C@H](C)O4)C(=O)C(=O)N2c2nnc(SCc3ccccc3)s2)ccc1OCc1ccccc1. The van der Waals surface area contributed by atoms with Crippen LogP contribution in [0.2, 0.25) is 0 Å². The maximum Gasteiger partial charge on any atom is 0.301 e. The Morgan fingerprint density at radius 3 is 2.45 bits per heavy atom. The Kier molecular flexibility index (Phi) is 9.36. The van der Waals surface area contributed by atoms with Crippen LogP contribution in [0.15, 0.2) is 107 Å². The highest BCUT2D eigenvalue weighted by Gasteiger charge is 2.48. The van der Waals surface area contributed by atoms with Gasteiger partial charge in [-0.3, -0.25) is 14.5 Å². The summed E-state index contributed by atoms with van der Waals surface area (Å²) in [5, 5.41) is 20.7. The molecule has 2 aliphatic rings. The standard InChI is InChI=1S/C38H33N3O6S2/c1-3-45-31-20-26(14-17-30(31)46-21-24-10-6-4-7-11-24)33-32(34(42)27-15-16-29-28(19-27)18-23(2)47-29)35(43)36(44)41(33)37-39-40-38(49-37)48-22-25-12-8-5-9-13-25/h4-17,19-20,23,33,42H,3,18,21-22H2,1-2H3/b34-32+/t23-,33+/m0/s1. The third-order valence-electron chi connectivity index (χ3n) is 8.24. The number of aromatic nitrogens is 2. The second kappa shape index (κ2) is 14.2. The summed E-state index contributed by atoms with van der Waals surface area (Å²) in [5.74, 6) is 0.463. The molecule has 1 N–H and O–H groups in total. The van der Waals surface area contributed by atoms with Gasteiger partial charge in [-0.1, -0.05) is 89.8 Å². The first kappa shape index (κ1) is 32.4. The Morgan fingerprint density at radius 2 is 1.69 bits per heavy atom. The van der Waals surface area contributed by atoms with E-state index in [1.165, 1.54) is 28.0 Å². The molecule has 0 radical (unpaired) electrons. The van der Waals surface area contributed by atoms with Crippen LogP contribution in [-0.2, 0) is 28.4 Å². The number of fused-ring (bicyclic) bond motifs is 1. The van der Waals surface area contributed by atoms with Gasteiger partial charge in [-0.25, -0.2) is 0 Å². The molecule has 0 spiro atoms. The summed E-state index contributed by atoms with van der Waals surface area (Å²) in [4.78, 5) is 29.1. The fourth-order valence-corrected chi connectivity index (χ4v) is 7.79. The van der Waals surface area contributed by atoms with Crippen molar-refractivity contribution in [1.29, 1.82) is 0 Å². The molecule has 0 aliphatic carbocycles. The molecule has 2 aliphatic heterocycles. The second-order valence-corrected chi connectivity index (χ2v) is 13.8. The Hall–Kier alpha value is -5.13. The summed E-state index contributed by atoms with van der Waals surface area (Å²) in [5.41, 5.74) is 3.95. The van der Waals surface area contributed by atoms with Crippen LogP contribution in [-0.4, -0.2) is 39.7 Å². The number of hydrogen-bond donors (Lipinski definition) is 1. The molecule has 9 nitrogen and oxygen atoms in total. The van der Waals surface area contributed by atoms with Gasteiger partial charge in [0.15, 0.2) is 15.8 Å². The lowest BCUT2D eigenvalue weighted by molar-refractivity contribution is -0.132. The summed E-state index contributed by atoms with van der Waals surface area (Å²) in [7, 11) is 0. The van der Waals surface area contributed by atoms with Crippen molar-refractivity contribution in [3.05, 3.63) is 130 Å². The molecule has 49 heavy (non-hydrogen) atoms. The number of anilines is 1. The molecule has 7 rings (SSSR count). The normalized spacial score (nSPS) is 18.0. The van der Waals surface area contributed by atoms with Crippen molar-refractivity contribution < 1.29 is 28.9 Å². The van der Waals surface area contributed by atoms with Crippen molar-refractivity contribution in [1.82, 2.24) is 10.2 Å². The maximum atomic E-state index is 13.9. The third kappa shape index (κ3) is 6.77. The van der Waals surface area contributed by atoms with Crippen LogP contribution in [0.4, 0.5) is 5.13 Å². The molecule has 248 valence electrons. The van der Waals surface area contributed by atoms with Gasteiger partial charge in [-0.15, -0.1) is 10.2 Å². The van der Waals surface area contributed by atoms with Gasteiger partial charge in [-0.2, -0.15) is 0 Å². The molecule has 1 fully saturated rings. The van der Waals surface area contributed by atoms with E-state index in [2.05, 4.69) is 10.2 Å². The quantitative estimate of drug-likeness (QED) is 0.0489. The summed E-state index contributed by atoms with van der Waals surface area (Å²) in [6, 6.07) is 29.4. The number of ketones is 1. The number of Topliss-reactive ketones (excluding diaryl/α,β-unsaturated/α-hetero) is 1. The molecule has 1 amide bonds. The van der Waals surface area contributed by atoms with Crippen LogP contribution < -0.4 is 19.1 Å². The predicted octanol–water partition coefficient (Wildman–Crippen LogP) is 7.76. The zero-order valence-electron chi connectivity index (χ0n) is 26.9. The number of ether oxygens (including phenoxy) is 3. The average Bonchev–Trinajstić information content (AvgIpc) is 3.82. The smallest absolute Gasteiger partial charge is 0.301 e. The third-order valence-corrected chi connectivity index (χ3v) is 10.4. The number of aliphatic hydroxyl groups excluding tert-OH is 1. The minimum atomic E-state index is -1.01. The van der Waals surface area contributed by atoms with E-state index in [0.29, 0.717) is 52.4 Å². The van der Waals surface area contributed by atoms with Crippen molar-refractivity contribution in [3.8, 4) is 17.2 Å². The highest BCUT2D eigenvalue weighted by molar-refractivity contribution is 8.00. The lowest BCUT2D eigenvalue weighted by Gasteiger charge is -2.24. The van der Waals surface area contributed by atoms with Gasteiger partial charge in [-0.05, 0) is 66.4 Å². The Balaban J connectivity index is 1.28. The first-order valence-corrected chi connectivity index (χ1v) is 17.7. The number of carbonyl (C=O) groups excluding carboxylic acids is 2. The van der Waals surface area contributed by atoms with Gasteiger partial charge >= 0.3 is 5.91 Å². The first-order valence-electron chi connectivity index (χ1n) is 15.9. The zero-order valence-corrected chi connectivity index (χ0v) is 28.5.